The number of carboxylic acid groups (broad SMARTS) is 1. The number of nitrogens with zero attached hydrogens (tertiary/aromatic N) is 2. The van der Waals surface area contributed by atoms with Crippen molar-refractivity contribution < 1.29 is 14.6 Å². The highest BCUT2D eigenvalue weighted by atomic mass is 32.1. The molecule has 4 rings (SSSR count). The Kier molecular flexibility index (Phi) is 3.54. The van der Waals surface area contributed by atoms with Gasteiger partial charge in [-0.05, 0) is 36.2 Å². The van der Waals surface area contributed by atoms with Gasteiger partial charge in [-0.2, -0.15) is 0 Å². The highest BCUT2D eigenvalue weighted by molar-refractivity contribution is 7.14. The van der Waals surface area contributed by atoms with Crippen molar-refractivity contribution in [3.63, 3.8) is 0 Å². The highest BCUT2D eigenvalue weighted by Crippen LogP contribution is 2.40. The van der Waals surface area contributed by atoms with E-state index in [0.29, 0.717) is 18.7 Å². The van der Waals surface area contributed by atoms with Crippen LogP contribution < -0.4 is 4.74 Å². The number of pyridine rings is 1. The van der Waals surface area contributed by atoms with Crippen molar-refractivity contribution in [3.05, 3.63) is 52.1 Å². The molecule has 3 aromatic rings. The third-order valence-corrected chi connectivity index (χ3v) is 5.15. The lowest BCUT2D eigenvalue weighted by Gasteiger charge is -2.11. The fraction of sp³-hybridized carbons (Fsp3) is 0.167. The molecule has 1 N–H and O–H groups in total. The third-order valence-electron chi connectivity index (χ3n) is 4.05. The van der Waals surface area contributed by atoms with Crippen LogP contribution in [-0.2, 0) is 6.42 Å². The lowest BCUT2D eigenvalue weighted by Crippen LogP contribution is -1.98. The first-order valence-corrected chi connectivity index (χ1v) is 8.36. The number of thiazole rings is 1. The van der Waals surface area contributed by atoms with E-state index in [1.807, 2.05) is 37.4 Å². The molecule has 0 amide bonds. The molecule has 1 aromatic carbocycles. The van der Waals surface area contributed by atoms with Crippen molar-refractivity contribution in [2.75, 3.05) is 6.61 Å². The van der Waals surface area contributed by atoms with Gasteiger partial charge < -0.3 is 9.84 Å². The number of carboxylic acids is 1. The minimum Gasteiger partial charge on any atom is -0.493 e. The molecule has 2 aromatic heterocycles. The van der Waals surface area contributed by atoms with Crippen LogP contribution in [0.15, 0.2) is 36.7 Å². The van der Waals surface area contributed by atoms with Crippen LogP contribution in [0.5, 0.6) is 5.75 Å². The van der Waals surface area contributed by atoms with Crippen LogP contribution in [0.2, 0.25) is 0 Å². The van der Waals surface area contributed by atoms with Crippen LogP contribution in [0.3, 0.4) is 0 Å². The summed E-state index contributed by atoms with van der Waals surface area (Å²) < 4.78 is 5.81. The van der Waals surface area contributed by atoms with E-state index in [1.54, 1.807) is 6.20 Å². The van der Waals surface area contributed by atoms with Crippen molar-refractivity contribution in [2.45, 2.75) is 13.3 Å². The zero-order chi connectivity index (χ0) is 16.7. The SMILES string of the molecule is Cc1ccncc1-c1ccc2c(c1)-c1nc(C(=O)O)sc1CCO2. The first-order chi connectivity index (χ1) is 11.6. The van der Waals surface area contributed by atoms with Crippen molar-refractivity contribution in [1.82, 2.24) is 9.97 Å². The minimum absolute atomic E-state index is 0.121. The fourth-order valence-corrected chi connectivity index (χ4v) is 3.75. The Morgan fingerprint density at radius 2 is 2.17 bits per heavy atom. The second-order valence-electron chi connectivity index (χ2n) is 5.60. The normalized spacial score (nSPS) is 12.7. The van der Waals surface area contributed by atoms with E-state index in [-0.39, 0.29) is 5.01 Å². The van der Waals surface area contributed by atoms with Crippen molar-refractivity contribution in [1.29, 1.82) is 0 Å². The zero-order valence-corrected chi connectivity index (χ0v) is 13.8. The standard InChI is InChI=1S/C18H14N2O3S/c1-10-4-6-19-9-13(10)11-2-3-14-12(8-11)16-15(5-7-23-14)24-17(20-16)18(21)22/h2-4,6,8-9H,5,7H2,1H3,(H,21,22). The average Bonchev–Trinajstić information content (AvgIpc) is 2.93. The smallest absolute Gasteiger partial charge is 0.365 e. The van der Waals surface area contributed by atoms with E-state index in [0.717, 1.165) is 32.9 Å². The van der Waals surface area contributed by atoms with Gasteiger partial charge in [-0.25, -0.2) is 9.78 Å². The molecule has 120 valence electrons. The molecule has 6 heteroatoms. The van der Waals surface area contributed by atoms with Crippen molar-refractivity contribution in [2.24, 2.45) is 0 Å². The van der Waals surface area contributed by atoms with Crippen LogP contribution in [0.25, 0.3) is 22.4 Å². The first kappa shape index (κ1) is 14.8. The summed E-state index contributed by atoms with van der Waals surface area (Å²) in [5, 5.41) is 9.35. The molecule has 0 spiro atoms. The van der Waals surface area contributed by atoms with Crippen LogP contribution in [0.4, 0.5) is 0 Å². The van der Waals surface area contributed by atoms with Gasteiger partial charge in [-0.1, -0.05) is 6.07 Å². The van der Waals surface area contributed by atoms with E-state index < -0.39 is 5.97 Å². The third kappa shape index (κ3) is 2.45. The summed E-state index contributed by atoms with van der Waals surface area (Å²) in [6.07, 6.45) is 4.26. The molecule has 0 saturated carbocycles. The van der Waals surface area contributed by atoms with Gasteiger partial charge in [0.15, 0.2) is 0 Å². The topological polar surface area (TPSA) is 72.3 Å². The number of benzene rings is 1. The number of aromatic nitrogens is 2. The molecular formula is C18H14N2O3S. The summed E-state index contributed by atoms with van der Waals surface area (Å²) in [6, 6.07) is 7.90. The molecule has 3 heterocycles. The lowest BCUT2D eigenvalue weighted by molar-refractivity contribution is 0.0696. The lowest BCUT2D eigenvalue weighted by atomic mass is 9.99. The van der Waals surface area contributed by atoms with Crippen LogP contribution in [0.1, 0.15) is 20.2 Å². The first-order valence-electron chi connectivity index (χ1n) is 7.54. The molecule has 0 fully saturated rings. The van der Waals surface area contributed by atoms with Crippen LogP contribution >= 0.6 is 11.3 Å². The summed E-state index contributed by atoms with van der Waals surface area (Å²) in [7, 11) is 0. The molecule has 0 saturated heterocycles. The maximum absolute atomic E-state index is 11.3. The monoisotopic (exact) mass is 338 g/mol. The Hall–Kier alpha value is -2.73. The maximum atomic E-state index is 11.3. The molecule has 0 aliphatic carbocycles. The molecule has 0 atom stereocenters. The van der Waals surface area contributed by atoms with Gasteiger partial charge in [-0.15, -0.1) is 11.3 Å². The van der Waals surface area contributed by atoms with E-state index in [2.05, 4.69) is 9.97 Å². The Bertz CT molecular complexity index is 949. The molecule has 0 unspecified atom stereocenters. The predicted octanol–water partition coefficient (Wildman–Crippen LogP) is 3.81. The average molecular weight is 338 g/mol. The van der Waals surface area contributed by atoms with Crippen LogP contribution in [0, 0.1) is 6.92 Å². The summed E-state index contributed by atoms with van der Waals surface area (Å²) >= 11 is 1.22. The zero-order valence-electron chi connectivity index (χ0n) is 12.9. The number of aryl methyl sites for hydroxylation is 1. The Labute approximate surface area is 142 Å². The molecular weight excluding hydrogens is 324 g/mol. The maximum Gasteiger partial charge on any atom is 0.365 e. The summed E-state index contributed by atoms with van der Waals surface area (Å²) in [6.45, 7) is 2.56. The number of hydrogen-bond donors (Lipinski definition) is 1. The van der Waals surface area contributed by atoms with Gasteiger partial charge >= 0.3 is 5.97 Å². The van der Waals surface area contributed by atoms with E-state index >= 15 is 0 Å². The number of hydrogen-bond acceptors (Lipinski definition) is 5. The number of ether oxygens (including phenoxy) is 1. The summed E-state index contributed by atoms with van der Waals surface area (Å²) in [5.41, 5.74) is 4.74. The van der Waals surface area contributed by atoms with Gasteiger partial charge in [0.1, 0.15) is 5.75 Å². The van der Waals surface area contributed by atoms with Crippen LogP contribution in [-0.4, -0.2) is 27.7 Å². The molecule has 24 heavy (non-hydrogen) atoms. The highest BCUT2D eigenvalue weighted by Gasteiger charge is 2.23. The van der Waals surface area contributed by atoms with Gasteiger partial charge in [0.05, 0.1) is 12.3 Å². The predicted molar refractivity (Wildman–Crippen MR) is 91.7 cm³/mol. The number of aromatic carboxylic acids is 1. The molecule has 1 aliphatic heterocycles. The van der Waals surface area contributed by atoms with Gasteiger partial charge in [-0.3, -0.25) is 4.98 Å². The Balaban J connectivity index is 1.90. The number of fused-ring (bicyclic) bond motifs is 3. The van der Waals surface area contributed by atoms with Gasteiger partial charge in [0.25, 0.3) is 0 Å². The minimum atomic E-state index is -0.991. The van der Waals surface area contributed by atoms with Crippen molar-refractivity contribution >= 4 is 17.3 Å². The second-order valence-corrected chi connectivity index (χ2v) is 6.68. The summed E-state index contributed by atoms with van der Waals surface area (Å²) in [5.74, 6) is -0.254. The number of carbonyl (C=O) groups is 1. The fourth-order valence-electron chi connectivity index (χ4n) is 2.85. The van der Waals surface area contributed by atoms with Gasteiger partial charge in [0.2, 0.25) is 5.01 Å². The van der Waals surface area contributed by atoms with Gasteiger partial charge in [0, 0.05) is 34.8 Å². The van der Waals surface area contributed by atoms with E-state index in [9.17, 15) is 9.90 Å². The number of rotatable bonds is 2. The second kappa shape index (κ2) is 5.72. The summed E-state index contributed by atoms with van der Waals surface area (Å²) in [4.78, 5) is 20.7. The van der Waals surface area contributed by atoms with Crippen molar-refractivity contribution in [3.8, 4) is 28.1 Å². The molecule has 1 aliphatic rings. The quantitative estimate of drug-likeness (QED) is 0.769. The molecule has 0 radical (unpaired) electrons. The molecule has 5 nitrogen and oxygen atoms in total. The van der Waals surface area contributed by atoms with E-state index in [4.69, 9.17) is 4.74 Å². The largest absolute Gasteiger partial charge is 0.493 e. The van der Waals surface area contributed by atoms with E-state index in [1.165, 1.54) is 11.3 Å². The molecule has 0 bridgehead atoms. The Morgan fingerprint density at radius 1 is 1.29 bits per heavy atom. The Morgan fingerprint density at radius 3 is 2.96 bits per heavy atom.